The zero-order valence-corrected chi connectivity index (χ0v) is 7.92. The third-order valence-electron chi connectivity index (χ3n) is 1.52. The van der Waals surface area contributed by atoms with E-state index in [4.69, 9.17) is 5.73 Å². The van der Waals surface area contributed by atoms with Gasteiger partial charge in [0.1, 0.15) is 0 Å². The molecule has 13 heavy (non-hydrogen) atoms. The number of ether oxygens (including phenoxy) is 1. The standard InChI is InChI=1S/C8H13N3O2/c1-8(2,3)5-4-10-7(11-5)13-6(9)12/h4H,1-3H3,(H2,9,12)(H,10,11). The number of aromatic nitrogens is 2. The zero-order valence-electron chi connectivity index (χ0n) is 7.92. The van der Waals surface area contributed by atoms with Crippen LogP contribution in [0, 0.1) is 0 Å². The molecule has 0 saturated heterocycles. The van der Waals surface area contributed by atoms with Crippen LogP contribution in [-0.4, -0.2) is 16.1 Å². The first-order valence-corrected chi connectivity index (χ1v) is 3.93. The van der Waals surface area contributed by atoms with Crippen LogP contribution < -0.4 is 10.5 Å². The molecule has 5 heteroatoms. The van der Waals surface area contributed by atoms with Crippen molar-refractivity contribution in [2.75, 3.05) is 0 Å². The summed E-state index contributed by atoms with van der Waals surface area (Å²) in [6.45, 7) is 6.03. The number of nitrogens with two attached hydrogens (primary N) is 1. The van der Waals surface area contributed by atoms with E-state index in [0.29, 0.717) is 0 Å². The van der Waals surface area contributed by atoms with E-state index in [-0.39, 0.29) is 11.4 Å². The molecular formula is C8H13N3O2. The number of imidazole rings is 1. The van der Waals surface area contributed by atoms with E-state index >= 15 is 0 Å². The number of carbonyl (C=O) groups is 1. The summed E-state index contributed by atoms with van der Waals surface area (Å²) >= 11 is 0. The molecule has 0 radical (unpaired) electrons. The third-order valence-corrected chi connectivity index (χ3v) is 1.52. The fourth-order valence-corrected chi connectivity index (χ4v) is 0.836. The molecule has 0 aliphatic heterocycles. The number of nitrogens with one attached hydrogen (secondary N) is 1. The Labute approximate surface area is 76.3 Å². The van der Waals surface area contributed by atoms with Crippen molar-refractivity contribution >= 4 is 6.09 Å². The van der Waals surface area contributed by atoms with E-state index < -0.39 is 6.09 Å². The van der Waals surface area contributed by atoms with Crippen molar-refractivity contribution in [1.29, 1.82) is 0 Å². The summed E-state index contributed by atoms with van der Waals surface area (Å²) in [5.41, 5.74) is 5.57. The second-order valence-corrected chi connectivity index (χ2v) is 3.76. The molecule has 0 aliphatic rings. The monoisotopic (exact) mass is 183 g/mol. The Bertz CT molecular complexity index is 311. The summed E-state index contributed by atoms with van der Waals surface area (Å²) in [5, 5.41) is 0. The SMILES string of the molecule is CC(C)(C)c1c[nH]c(OC(N)=O)n1. The van der Waals surface area contributed by atoms with Gasteiger partial charge in [0.25, 0.3) is 0 Å². The minimum absolute atomic E-state index is 0.0737. The summed E-state index contributed by atoms with van der Waals surface area (Å²) in [6.07, 6.45) is 0.827. The van der Waals surface area contributed by atoms with Gasteiger partial charge in [-0.2, -0.15) is 4.98 Å². The number of carbonyl (C=O) groups excluding carboxylic acids is 1. The van der Waals surface area contributed by atoms with Gasteiger partial charge in [-0.15, -0.1) is 0 Å². The van der Waals surface area contributed by atoms with Crippen molar-refractivity contribution in [3.8, 4) is 6.01 Å². The van der Waals surface area contributed by atoms with Gasteiger partial charge in [0.15, 0.2) is 0 Å². The lowest BCUT2D eigenvalue weighted by atomic mass is 9.93. The summed E-state index contributed by atoms with van der Waals surface area (Å²) in [4.78, 5) is 17.1. The van der Waals surface area contributed by atoms with Crippen LogP contribution in [-0.2, 0) is 5.41 Å². The van der Waals surface area contributed by atoms with Crippen LogP contribution >= 0.6 is 0 Å². The largest absolute Gasteiger partial charge is 0.412 e. The van der Waals surface area contributed by atoms with E-state index in [9.17, 15) is 4.79 Å². The maximum absolute atomic E-state index is 10.4. The topological polar surface area (TPSA) is 81.0 Å². The quantitative estimate of drug-likeness (QED) is 0.685. The molecule has 1 heterocycles. The van der Waals surface area contributed by atoms with Crippen LogP contribution in [0.5, 0.6) is 6.01 Å². The number of rotatable bonds is 1. The molecule has 1 rings (SSSR count). The van der Waals surface area contributed by atoms with Gasteiger partial charge in [0, 0.05) is 11.6 Å². The number of nitrogens with zero attached hydrogens (tertiary/aromatic N) is 1. The van der Waals surface area contributed by atoms with Gasteiger partial charge in [0.2, 0.25) is 0 Å². The van der Waals surface area contributed by atoms with Gasteiger partial charge >= 0.3 is 12.1 Å². The molecule has 0 aliphatic carbocycles. The van der Waals surface area contributed by atoms with E-state index in [1.165, 1.54) is 0 Å². The number of hydrogen-bond acceptors (Lipinski definition) is 3. The molecule has 0 spiro atoms. The molecule has 0 fully saturated rings. The smallest absolute Gasteiger partial charge is 0.376 e. The summed E-state index contributed by atoms with van der Waals surface area (Å²) in [5.74, 6) is 0. The Balaban J connectivity index is 2.81. The average molecular weight is 183 g/mol. The van der Waals surface area contributed by atoms with Crippen molar-refractivity contribution in [2.24, 2.45) is 5.73 Å². The lowest BCUT2D eigenvalue weighted by Crippen LogP contribution is -2.17. The number of hydrogen-bond donors (Lipinski definition) is 2. The molecule has 0 unspecified atom stereocenters. The number of aromatic amines is 1. The lowest BCUT2D eigenvalue weighted by molar-refractivity contribution is 0.207. The van der Waals surface area contributed by atoms with Crippen molar-refractivity contribution in [1.82, 2.24) is 9.97 Å². The predicted molar refractivity (Wildman–Crippen MR) is 47.5 cm³/mol. The van der Waals surface area contributed by atoms with Crippen molar-refractivity contribution < 1.29 is 9.53 Å². The Kier molecular flexibility index (Phi) is 2.27. The van der Waals surface area contributed by atoms with E-state index in [2.05, 4.69) is 14.7 Å². The minimum Gasteiger partial charge on any atom is -0.376 e. The molecule has 72 valence electrons. The van der Waals surface area contributed by atoms with Gasteiger partial charge in [-0.05, 0) is 0 Å². The van der Waals surface area contributed by atoms with Crippen molar-refractivity contribution in [2.45, 2.75) is 26.2 Å². The lowest BCUT2D eigenvalue weighted by Gasteiger charge is -2.13. The number of H-pyrrole nitrogens is 1. The highest BCUT2D eigenvalue weighted by molar-refractivity contribution is 5.66. The van der Waals surface area contributed by atoms with Gasteiger partial charge in [-0.1, -0.05) is 20.8 Å². The summed E-state index contributed by atoms with van der Waals surface area (Å²) in [6, 6.07) is 0.137. The Morgan fingerprint density at radius 3 is 2.62 bits per heavy atom. The van der Waals surface area contributed by atoms with Crippen LogP contribution in [0.2, 0.25) is 0 Å². The summed E-state index contributed by atoms with van der Waals surface area (Å²) in [7, 11) is 0. The van der Waals surface area contributed by atoms with E-state index in [0.717, 1.165) is 5.69 Å². The van der Waals surface area contributed by atoms with Crippen molar-refractivity contribution in [3.63, 3.8) is 0 Å². The Morgan fingerprint density at radius 2 is 2.23 bits per heavy atom. The first kappa shape index (κ1) is 9.57. The molecule has 0 atom stereocenters. The highest BCUT2D eigenvalue weighted by Crippen LogP contribution is 2.21. The summed E-state index contributed by atoms with van der Waals surface area (Å²) < 4.78 is 4.56. The molecule has 1 amide bonds. The van der Waals surface area contributed by atoms with Crippen LogP contribution in [0.25, 0.3) is 0 Å². The van der Waals surface area contributed by atoms with Gasteiger partial charge in [-0.25, -0.2) is 4.79 Å². The molecule has 5 nitrogen and oxygen atoms in total. The van der Waals surface area contributed by atoms with Crippen LogP contribution in [0.3, 0.4) is 0 Å². The Morgan fingerprint density at radius 1 is 1.62 bits per heavy atom. The highest BCUT2D eigenvalue weighted by Gasteiger charge is 2.18. The third kappa shape index (κ3) is 2.47. The van der Waals surface area contributed by atoms with E-state index in [1.54, 1.807) is 6.20 Å². The predicted octanol–water partition coefficient (Wildman–Crippen LogP) is 1.16. The van der Waals surface area contributed by atoms with Crippen LogP contribution in [0.4, 0.5) is 4.79 Å². The molecule has 0 bridgehead atoms. The molecule has 3 N–H and O–H groups in total. The second kappa shape index (κ2) is 3.08. The van der Waals surface area contributed by atoms with Gasteiger partial charge < -0.3 is 15.5 Å². The number of amides is 1. The molecule has 0 saturated carbocycles. The first-order valence-electron chi connectivity index (χ1n) is 3.93. The fraction of sp³-hybridized carbons (Fsp3) is 0.500. The van der Waals surface area contributed by atoms with Gasteiger partial charge in [0.05, 0.1) is 5.69 Å². The van der Waals surface area contributed by atoms with E-state index in [1.807, 2.05) is 20.8 Å². The first-order chi connectivity index (χ1) is 5.89. The van der Waals surface area contributed by atoms with Gasteiger partial charge in [-0.3, -0.25) is 0 Å². The second-order valence-electron chi connectivity index (χ2n) is 3.76. The Hall–Kier alpha value is -1.52. The molecule has 0 aromatic carbocycles. The van der Waals surface area contributed by atoms with Crippen LogP contribution in [0.1, 0.15) is 26.5 Å². The van der Waals surface area contributed by atoms with Crippen molar-refractivity contribution in [3.05, 3.63) is 11.9 Å². The molecular weight excluding hydrogens is 170 g/mol. The zero-order chi connectivity index (χ0) is 10.1. The average Bonchev–Trinajstić information content (AvgIpc) is 2.32. The maximum atomic E-state index is 10.4. The van der Waals surface area contributed by atoms with Crippen LogP contribution in [0.15, 0.2) is 6.20 Å². The molecule has 1 aromatic heterocycles. The number of primary amides is 1. The maximum Gasteiger partial charge on any atom is 0.412 e. The minimum atomic E-state index is -0.866. The highest BCUT2D eigenvalue weighted by atomic mass is 16.6. The fourth-order valence-electron chi connectivity index (χ4n) is 0.836. The normalized spacial score (nSPS) is 11.3. The molecule has 1 aromatic rings.